The summed E-state index contributed by atoms with van der Waals surface area (Å²) in [6.45, 7) is 1.11. The molecule has 2 amide bonds. The molecule has 2 aliphatic rings. The summed E-state index contributed by atoms with van der Waals surface area (Å²) in [4.78, 5) is 27.9. The van der Waals surface area contributed by atoms with Crippen molar-refractivity contribution < 1.29 is 9.59 Å². The predicted octanol–water partition coefficient (Wildman–Crippen LogP) is 3.48. The molecule has 0 unspecified atom stereocenters. The lowest BCUT2D eigenvalue weighted by atomic mass is 9.95. The van der Waals surface area contributed by atoms with Gasteiger partial charge in [0.15, 0.2) is 5.69 Å². The van der Waals surface area contributed by atoms with Gasteiger partial charge in [0.25, 0.3) is 5.91 Å². The summed E-state index contributed by atoms with van der Waals surface area (Å²) in [5, 5.41) is 15.8. The number of carbonyl (C=O) groups is 2. The highest BCUT2D eigenvalue weighted by Crippen LogP contribution is 2.28. The first-order chi connectivity index (χ1) is 15.7. The minimum absolute atomic E-state index is 0.0131. The van der Waals surface area contributed by atoms with Crippen LogP contribution in [-0.4, -0.2) is 49.8 Å². The predicted molar refractivity (Wildman–Crippen MR) is 122 cm³/mol. The van der Waals surface area contributed by atoms with Crippen molar-refractivity contribution in [1.29, 1.82) is 0 Å². The number of benzene rings is 1. The number of carbonyl (C=O) groups excluding carboxylic acids is 2. The van der Waals surface area contributed by atoms with Gasteiger partial charge in [0.2, 0.25) is 11.0 Å². The SMILES string of the molecule is O=C(Nc1nncs1)C1CCN(C(=O)c2nn(-c3ccccc3)c3c2CCCCC3)CC1. The van der Waals surface area contributed by atoms with Crippen LogP contribution in [0.3, 0.4) is 0 Å². The molecule has 1 N–H and O–H groups in total. The molecular weight excluding hydrogens is 424 g/mol. The van der Waals surface area contributed by atoms with Gasteiger partial charge >= 0.3 is 0 Å². The Hall–Kier alpha value is -3.07. The van der Waals surface area contributed by atoms with Crippen LogP contribution >= 0.6 is 11.3 Å². The molecule has 0 spiro atoms. The van der Waals surface area contributed by atoms with Crippen LogP contribution in [0.5, 0.6) is 0 Å². The second-order valence-corrected chi connectivity index (χ2v) is 9.21. The van der Waals surface area contributed by atoms with Crippen molar-refractivity contribution in [3.63, 3.8) is 0 Å². The van der Waals surface area contributed by atoms with Gasteiger partial charge in [0, 0.05) is 30.3 Å². The standard InChI is InChI=1S/C23H26N6O2S/c30-21(25-23-26-24-15-32-23)16-11-13-28(14-12-16)22(31)20-18-9-5-2-6-10-19(18)29(27-20)17-7-3-1-4-8-17/h1,3-4,7-8,15-16H,2,5-6,9-14H2,(H,25,26,30). The molecule has 3 aromatic rings. The van der Waals surface area contributed by atoms with Gasteiger partial charge in [0.05, 0.1) is 5.69 Å². The zero-order valence-corrected chi connectivity index (χ0v) is 18.7. The van der Waals surface area contributed by atoms with Gasteiger partial charge in [0.1, 0.15) is 5.51 Å². The fourth-order valence-electron chi connectivity index (χ4n) is 4.66. The number of aromatic nitrogens is 4. The van der Waals surface area contributed by atoms with Crippen molar-refractivity contribution in [2.75, 3.05) is 18.4 Å². The van der Waals surface area contributed by atoms with E-state index in [2.05, 4.69) is 15.5 Å². The number of rotatable bonds is 4. The largest absolute Gasteiger partial charge is 0.337 e. The fraction of sp³-hybridized carbons (Fsp3) is 0.435. The average molecular weight is 451 g/mol. The summed E-state index contributed by atoms with van der Waals surface area (Å²) in [5.74, 6) is -0.182. The van der Waals surface area contributed by atoms with Crippen LogP contribution in [0.25, 0.3) is 5.69 Å². The Labute approximate surface area is 190 Å². The van der Waals surface area contributed by atoms with Gasteiger partial charge < -0.3 is 10.2 Å². The smallest absolute Gasteiger partial charge is 0.274 e. The highest BCUT2D eigenvalue weighted by molar-refractivity contribution is 7.13. The van der Waals surface area contributed by atoms with E-state index in [9.17, 15) is 9.59 Å². The summed E-state index contributed by atoms with van der Waals surface area (Å²) in [6, 6.07) is 10.1. The van der Waals surface area contributed by atoms with E-state index in [4.69, 9.17) is 5.10 Å². The van der Waals surface area contributed by atoms with Crippen molar-refractivity contribution in [2.24, 2.45) is 5.92 Å². The normalized spacial score (nSPS) is 16.9. The third-order valence-electron chi connectivity index (χ3n) is 6.38. The molecule has 0 radical (unpaired) electrons. The molecule has 3 heterocycles. The lowest BCUT2D eigenvalue weighted by Gasteiger charge is -2.30. The zero-order valence-electron chi connectivity index (χ0n) is 17.9. The Kier molecular flexibility index (Phi) is 5.98. The molecule has 1 saturated heterocycles. The maximum Gasteiger partial charge on any atom is 0.274 e. The average Bonchev–Trinajstić information content (AvgIpc) is 3.40. The van der Waals surface area contributed by atoms with E-state index >= 15 is 0 Å². The number of likely N-dealkylation sites (tertiary alicyclic amines) is 1. The molecule has 1 aliphatic carbocycles. The van der Waals surface area contributed by atoms with Crippen LogP contribution in [0.4, 0.5) is 5.13 Å². The van der Waals surface area contributed by atoms with Crippen molar-refractivity contribution in [2.45, 2.75) is 44.9 Å². The highest BCUT2D eigenvalue weighted by Gasteiger charge is 2.32. The number of nitrogens with zero attached hydrogens (tertiary/aromatic N) is 5. The van der Waals surface area contributed by atoms with E-state index in [0.717, 1.165) is 36.9 Å². The lowest BCUT2D eigenvalue weighted by molar-refractivity contribution is -0.121. The Morgan fingerprint density at radius 1 is 1.03 bits per heavy atom. The Balaban J connectivity index is 1.33. The maximum atomic E-state index is 13.5. The Morgan fingerprint density at radius 2 is 1.81 bits per heavy atom. The summed E-state index contributed by atoms with van der Waals surface area (Å²) >= 11 is 1.30. The summed E-state index contributed by atoms with van der Waals surface area (Å²) in [6.07, 6.45) is 6.49. The lowest BCUT2D eigenvalue weighted by Crippen LogP contribution is -2.42. The molecule has 5 rings (SSSR count). The molecular formula is C23H26N6O2S. The van der Waals surface area contributed by atoms with Gasteiger partial charge in [-0.1, -0.05) is 36.0 Å². The monoisotopic (exact) mass is 450 g/mol. The molecule has 8 nitrogen and oxygen atoms in total. The number of anilines is 1. The van der Waals surface area contributed by atoms with Gasteiger partial charge in [-0.3, -0.25) is 9.59 Å². The quantitative estimate of drug-likeness (QED) is 0.614. The molecule has 1 aliphatic heterocycles. The summed E-state index contributed by atoms with van der Waals surface area (Å²) in [7, 11) is 0. The molecule has 0 saturated carbocycles. The topological polar surface area (TPSA) is 93.0 Å². The molecule has 9 heteroatoms. The summed E-state index contributed by atoms with van der Waals surface area (Å²) < 4.78 is 1.97. The van der Waals surface area contributed by atoms with E-state index in [0.29, 0.717) is 36.8 Å². The molecule has 2 aromatic heterocycles. The Morgan fingerprint density at radius 3 is 2.56 bits per heavy atom. The number of para-hydroxylation sites is 1. The molecule has 1 aromatic carbocycles. The number of fused-ring (bicyclic) bond motifs is 1. The molecule has 32 heavy (non-hydrogen) atoms. The van der Waals surface area contributed by atoms with Crippen LogP contribution < -0.4 is 5.32 Å². The minimum atomic E-state index is -0.123. The third-order valence-corrected chi connectivity index (χ3v) is 6.98. The number of hydrogen-bond acceptors (Lipinski definition) is 6. The zero-order chi connectivity index (χ0) is 21.9. The van der Waals surface area contributed by atoms with E-state index in [1.54, 1.807) is 5.51 Å². The summed E-state index contributed by atoms with van der Waals surface area (Å²) in [5.41, 5.74) is 5.45. The van der Waals surface area contributed by atoms with Crippen LogP contribution in [0.2, 0.25) is 0 Å². The molecule has 0 atom stereocenters. The first-order valence-electron chi connectivity index (χ1n) is 11.2. The van der Waals surface area contributed by atoms with E-state index < -0.39 is 0 Å². The Bertz CT molecular complexity index is 1090. The van der Waals surface area contributed by atoms with Gasteiger partial charge in [-0.05, 0) is 50.7 Å². The first-order valence-corrected chi connectivity index (χ1v) is 12.1. The van der Waals surface area contributed by atoms with Crippen LogP contribution in [0, 0.1) is 5.92 Å². The number of piperidine rings is 1. The van der Waals surface area contributed by atoms with Gasteiger partial charge in [-0.2, -0.15) is 5.10 Å². The van der Waals surface area contributed by atoms with Gasteiger partial charge in [-0.25, -0.2) is 4.68 Å². The first kappa shape index (κ1) is 20.8. The fourth-order valence-corrected chi connectivity index (χ4v) is 5.11. The maximum absolute atomic E-state index is 13.5. The molecule has 166 valence electrons. The van der Waals surface area contributed by atoms with E-state index in [-0.39, 0.29) is 17.7 Å². The number of nitrogens with one attached hydrogen (secondary N) is 1. The van der Waals surface area contributed by atoms with Crippen LogP contribution in [0.15, 0.2) is 35.8 Å². The van der Waals surface area contributed by atoms with Crippen molar-refractivity contribution in [1.82, 2.24) is 24.9 Å². The number of amides is 2. The van der Waals surface area contributed by atoms with E-state index in [1.165, 1.54) is 23.5 Å². The molecule has 0 bridgehead atoms. The van der Waals surface area contributed by atoms with Gasteiger partial charge in [-0.15, -0.1) is 10.2 Å². The van der Waals surface area contributed by atoms with Crippen molar-refractivity contribution in [3.05, 3.63) is 52.8 Å². The highest BCUT2D eigenvalue weighted by atomic mass is 32.1. The third kappa shape index (κ3) is 4.17. The second kappa shape index (κ2) is 9.20. The van der Waals surface area contributed by atoms with Crippen LogP contribution in [0.1, 0.15) is 53.8 Å². The van der Waals surface area contributed by atoms with Crippen molar-refractivity contribution in [3.8, 4) is 5.69 Å². The number of hydrogen-bond donors (Lipinski definition) is 1. The minimum Gasteiger partial charge on any atom is -0.337 e. The second-order valence-electron chi connectivity index (χ2n) is 8.38. The van der Waals surface area contributed by atoms with Crippen molar-refractivity contribution >= 4 is 28.3 Å². The van der Waals surface area contributed by atoms with E-state index in [1.807, 2.05) is 39.9 Å². The van der Waals surface area contributed by atoms with Crippen LogP contribution in [-0.2, 0) is 17.6 Å². The molecule has 1 fully saturated rings.